The smallest absolute Gasteiger partial charge is 0.177 e. The molecule has 2 unspecified atom stereocenters. The minimum absolute atomic E-state index is 0.200. The first-order valence-corrected chi connectivity index (χ1v) is 7.14. The first-order chi connectivity index (χ1) is 7.39. The van der Waals surface area contributed by atoms with E-state index in [4.69, 9.17) is 5.73 Å². The summed E-state index contributed by atoms with van der Waals surface area (Å²) >= 11 is 0. The number of hydrogen-bond acceptors (Lipinski definition) is 4. The van der Waals surface area contributed by atoms with Crippen LogP contribution in [0.3, 0.4) is 0 Å². The van der Waals surface area contributed by atoms with Crippen LogP contribution in [0.1, 0.15) is 13.3 Å². The summed E-state index contributed by atoms with van der Waals surface area (Å²) in [6.45, 7) is 2.15. The molecule has 3 N–H and O–H groups in total. The molecule has 0 bridgehead atoms. The lowest BCUT2D eigenvalue weighted by molar-refractivity contribution is 0.602. The Morgan fingerprint density at radius 3 is 2.56 bits per heavy atom. The van der Waals surface area contributed by atoms with Crippen LogP contribution in [0, 0.1) is 5.92 Å². The molecule has 88 valence electrons. The summed E-state index contributed by atoms with van der Waals surface area (Å²) in [6.07, 6.45) is 2.28. The number of rotatable bonds is 3. The van der Waals surface area contributed by atoms with E-state index in [-0.39, 0.29) is 4.90 Å². The average Bonchev–Trinajstić information content (AvgIpc) is 2.83. The number of nitrogens with two attached hydrogens (primary N) is 1. The second-order valence-electron chi connectivity index (χ2n) is 4.45. The SMILES string of the molecule is CC1CC1Nc1cccc(S(C)(=O)=O)c1N. The van der Waals surface area contributed by atoms with E-state index in [1.165, 1.54) is 12.3 Å². The molecule has 0 saturated heterocycles. The van der Waals surface area contributed by atoms with Gasteiger partial charge in [-0.1, -0.05) is 13.0 Å². The Balaban J connectivity index is 2.33. The highest BCUT2D eigenvalue weighted by molar-refractivity contribution is 7.90. The fourth-order valence-electron chi connectivity index (χ4n) is 1.72. The Morgan fingerprint density at radius 1 is 1.44 bits per heavy atom. The number of benzene rings is 1. The molecule has 2 atom stereocenters. The van der Waals surface area contributed by atoms with Gasteiger partial charge in [0.25, 0.3) is 0 Å². The highest BCUT2D eigenvalue weighted by atomic mass is 32.2. The molecule has 1 fully saturated rings. The zero-order chi connectivity index (χ0) is 11.9. The van der Waals surface area contributed by atoms with Gasteiger partial charge < -0.3 is 11.1 Å². The number of sulfone groups is 1. The monoisotopic (exact) mass is 240 g/mol. The van der Waals surface area contributed by atoms with Crippen LogP contribution in [0.2, 0.25) is 0 Å². The normalized spacial score (nSPS) is 24.1. The van der Waals surface area contributed by atoms with Crippen LogP contribution in [-0.2, 0) is 9.84 Å². The first-order valence-electron chi connectivity index (χ1n) is 5.24. The highest BCUT2D eigenvalue weighted by Crippen LogP contribution is 2.35. The Hall–Kier alpha value is -1.23. The van der Waals surface area contributed by atoms with Crippen molar-refractivity contribution in [2.24, 2.45) is 5.92 Å². The molecule has 5 heteroatoms. The maximum Gasteiger partial charge on any atom is 0.177 e. The van der Waals surface area contributed by atoms with Crippen molar-refractivity contribution in [1.29, 1.82) is 0 Å². The first kappa shape index (κ1) is 11.3. The van der Waals surface area contributed by atoms with E-state index < -0.39 is 9.84 Å². The number of nitrogen functional groups attached to an aromatic ring is 1. The molecule has 1 saturated carbocycles. The summed E-state index contributed by atoms with van der Waals surface area (Å²) in [4.78, 5) is 0.200. The quantitative estimate of drug-likeness (QED) is 0.785. The third kappa shape index (κ3) is 2.14. The van der Waals surface area contributed by atoms with Crippen LogP contribution in [0.5, 0.6) is 0 Å². The topological polar surface area (TPSA) is 72.2 Å². The highest BCUT2D eigenvalue weighted by Gasteiger charge is 2.33. The van der Waals surface area contributed by atoms with Crippen molar-refractivity contribution < 1.29 is 8.42 Å². The maximum atomic E-state index is 11.5. The van der Waals surface area contributed by atoms with Crippen molar-refractivity contribution in [2.45, 2.75) is 24.3 Å². The predicted molar refractivity (Wildman–Crippen MR) is 65.2 cm³/mol. The van der Waals surface area contributed by atoms with E-state index >= 15 is 0 Å². The Bertz CT molecular complexity index is 511. The van der Waals surface area contributed by atoms with Gasteiger partial charge in [-0.25, -0.2) is 8.42 Å². The minimum Gasteiger partial charge on any atom is -0.396 e. The number of para-hydroxylation sites is 1. The third-order valence-electron chi connectivity index (χ3n) is 2.92. The Kier molecular flexibility index (Phi) is 2.58. The largest absolute Gasteiger partial charge is 0.396 e. The molecule has 1 aromatic rings. The summed E-state index contributed by atoms with van der Waals surface area (Å²) in [6, 6.07) is 5.49. The van der Waals surface area contributed by atoms with Crippen molar-refractivity contribution in [2.75, 3.05) is 17.3 Å². The van der Waals surface area contributed by atoms with Crippen molar-refractivity contribution >= 4 is 21.2 Å². The second kappa shape index (κ2) is 3.66. The Morgan fingerprint density at radius 2 is 2.06 bits per heavy atom. The number of anilines is 2. The van der Waals surface area contributed by atoms with E-state index in [0.717, 1.165) is 12.1 Å². The zero-order valence-electron chi connectivity index (χ0n) is 9.40. The standard InChI is InChI=1S/C11H16N2O2S/c1-7-6-9(7)13-8-4-3-5-10(11(8)12)16(2,14)15/h3-5,7,9,13H,6,12H2,1-2H3. The van der Waals surface area contributed by atoms with E-state index in [2.05, 4.69) is 12.2 Å². The predicted octanol–water partition coefficient (Wildman–Crippen LogP) is 1.49. The molecule has 16 heavy (non-hydrogen) atoms. The van der Waals surface area contributed by atoms with Gasteiger partial charge in [-0.05, 0) is 24.5 Å². The van der Waals surface area contributed by atoms with Gasteiger partial charge in [-0.3, -0.25) is 0 Å². The van der Waals surface area contributed by atoms with Gasteiger partial charge in [0.05, 0.1) is 16.3 Å². The van der Waals surface area contributed by atoms with Crippen LogP contribution >= 0.6 is 0 Å². The van der Waals surface area contributed by atoms with Crippen molar-refractivity contribution in [3.63, 3.8) is 0 Å². The molecule has 0 aliphatic heterocycles. The van der Waals surface area contributed by atoms with Crippen LogP contribution in [0.4, 0.5) is 11.4 Å². The van der Waals surface area contributed by atoms with Crippen LogP contribution in [-0.4, -0.2) is 20.7 Å². The summed E-state index contributed by atoms with van der Waals surface area (Å²) < 4.78 is 22.9. The molecule has 1 aromatic carbocycles. The molecule has 0 heterocycles. The minimum atomic E-state index is -3.25. The lowest BCUT2D eigenvalue weighted by Crippen LogP contribution is -2.09. The fraction of sp³-hybridized carbons (Fsp3) is 0.455. The van der Waals surface area contributed by atoms with Gasteiger partial charge in [0.15, 0.2) is 9.84 Å². The van der Waals surface area contributed by atoms with Crippen molar-refractivity contribution in [3.8, 4) is 0 Å². The third-order valence-corrected chi connectivity index (χ3v) is 4.07. The van der Waals surface area contributed by atoms with Gasteiger partial charge in [-0.15, -0.1) is 0 Å². The van der Waals surface area contributed by atoms with Crippen LogP contribution in [0.15, 0.2) is 23.1 Å². The summed E-state index contributed by atoms with van der Waals surface area (Å²) in [7, 11) is -3.25. The molecule has 4 nitrogen and oxygen atoms in total. The van der Waals surface area contributed by atoms with Crippen molar-refractivity contribution in [1.82, 2.24) is 0 Å². The molecule has 1 aliphatic carbocycles. The molecular formula is C11H16N2O2S. The van der Waals surface area contributed by atoms with Gasteiger partial charge in [-0.2, -0.15) is 0 Å². The van der Waals surface area contributed by atoms with E-state index in [9.17, 15) is 8.42 Å². The number of nitrogens with one attached hydrogen (secondary N) is 1. The molecule has 2 rings (SSSR count). The second-order valence-corrected chi connectivity index (χ2v) is 6.44. The van der Waals surface area contributed by atoms with Crippen LogP contribution < -0.4 is 11.1 Å². The lowest BCUT2D eigenvalue weighted by Gasteiger charge is -2.11. The van der Waals surface area contributed by atoms with E-state index in [0.29, 0.717) is 17.6 Å². The van der Waals surface area contributed by atoms with Gasteiger partial charge in [0.2, 0.25) is 0 Å². The van der Waals surface area contributed by atoms with Gasteiger partial charge >= 0.3 is 0 Å². The zero-order valence-corrected chi connectivity index (χ0v) is 10.2. The maximum absolute atomic E-state index is 11.5. The summed E-state index contributed by atoms with van der Waals surface area (Å²) in [5.41, 5.74) is 6.89. The molecule has 0 aromatic heterocycles. The number of hydrogen-bond donors (Lipinski definition) is 2. The average molecular weight is 240 g/mol. The summed E-state index contributed by atoms with van der Waals surface area (Å²) in [5.74, 6) is 0.640. The fourth-order valence-corrected chi connectivity index (χ4v) is 2.55. The van der Waals surface area contributed by atoms with Crippen LogP contribution in [0.25, 0.3) is 0 Å². The van der Waals surface area contributed by atoms with Crippen molar-refractivity contribution in [3.05, 3.63) is 18.2 Å². The lowest BCUT2D eigenvalue weighted by atomic mass is 10.2. The van der Waals surface area contributed by atoms with Gasteiger partial charge in [0.1, 0.15) is 0 Å². The Labute approximate surface area is 95.8 Å². The molecule has 0 radical (unpaired) electrons. The molecule has 0 spiro atoms. The summed E-state index contributed by atoms with van der Waals surface area (Å²) in [5, 5.41) is 3.26. The van der Waals surface area contributed by atoms with E-state index in [1.807, 2.05) is 6.07 Å². The van der Waals surface area contributed by atoms with Gasteiger partial charge in [0, 0.05) is 12.3 Å². The molecule has 0 amide bonds. The molecule has 1 aliphatic rings. The molecular weight excluding hydrogens is 224 g/mol. The van der Waals surface area contributed by atoms with E-state index in [1.54, 1.807) is 6.07 Å².